The Balaban J connectivity index is 1.49. The van der Waals surface area contributed by atoms with E-state index in [1.165, 1.54) is 48.6 Å². The van der Waals surface area contributed by atoms with Crippen LogP contribution in [0.1, 0.15) is 83.6 Å². The summed E-state index contributed by atoms with van der Waals surface area (Å²) in [6.07, 6.45) is 18.0. The van der Waals surface area contributed by atoms with Crippen molar-refractivity contribution in [2.45, 2.75) is 57.3 Å². The number of aromatic nitrogens is 2. The highest BCUT2D eigenvalue weighted by Crippen LogP contribution is 2.40. The Morgan fingerprint density at radius 1 is 1.16 bits per heavy atom. The van der Waals surface area contributed by atoms with E-state index < -0.39 is 5.97 Å². The molecule has 2 aliphatic rings. The Morgan fingerprint density at radius 2 is 1.97 bits per heavy atom. The minimum absolute atomic E-state index is 0.344. The highest BCUT2D eigenvalue weighted by Gasteiger charge is 2.26. The number of nitrogens with zero attached hydrogens (tertiary/aromatic N) is 2. The van der Waals surface area contributed by atoms with Crippen molar-refractivity contribution in [2.24, 2.45) is 13.0 Å². The average molecular weight is 415 g/mol. The number of allylic oxidation sites excluding steroid dienone is 1. The van der Waals surface area contributed by atoms with Gasteiger partial charge in [-0.1, -0.05) is 31.4 Å². The summed E-state index contributed by atoms with van der Waals surface area (Å²) in [5.74, 6) is 0.281. The molecular formula is C27H30N2O2. The van der Waals surface area contributed by atoms with Crippen molar-refractivity contribution in [3.8, 4) is 0 Å². The van der Waals surface area contributed by atoms with Gasteiger partial charge >= 0.3 is 5.97 Å². The summed E-state index contributed by atoms with van der Waals surface area (Å²) in [7, 11) is 2.08. The molecule has 2 fully saturated rings. The van der Waals surface area contributed by atoms with Crippen LogP contribution in [0.15, 0.2) is 42.7 Å². The van der Waals surface area contributed by atoms with E-state index in [1.807, 2.05) is 12.3 Å². The number of aromatic carboxylic acids is 1. The first-order valence-electron chi connectivity index (χ1n) is 11.6. The molecule has 4 heteroatoms. The third-order valence-corrected chi connectivity index (χ3v) is 6.90. The summed E-state index contributed by atoms with van der Waals surface area (Å²) < 4.78 is 2.17. The van der Waals surface area contributed by atoms with E-state index in [9.17, 15) is 9.90 Å². The van der Waals surface area contributed by atoms with Crippen LogP contribution in [0.3, 0.4) is 0 Å². The Kier molecular flexibility index (Phi) is 5.39. The first kappa shape index (κ1) is 20.0. The quantitative estimate of drug-likeness (QED) is 0.512. The summed E-state index contributed by atoms with van der Waals surface area (Å²) in [5.41, 5.74) is 5.60. The number of hydrogen-bond acceptors (Lipinski definition) is 2. The zero-order valence-corrected chi connectivity index (χ0v) is 18.2. The van der Waals surface area contributed by atoms with Crippen LogP contribution in [0.4, 0.5) is 0 Å². The summed E-state index contributed by atoms with van der Waals surface area (Å²) in [4.78, 5) is 16.5. The van der Waals surface area contributed by atoms with Gasteiger partial charge in [0.15, 0.2) is 0 Å². The predicted octanol–water partition coefficient (Wildman–Crippen LogP) is 6.33. The summed E-state index contributed by atoms with van der Waals surface area (Å²) >= 11 is 0. The zero-order chi connectivity index (χ0) is 21.4. The minimum atomic E-state index is -0.886. The van der Waals surface area contributed by atoms with Crippen LogP contribution in [-0.2, 0) is 13.5 Å². The molecule has 0 saturated heterocycles. The van der Waals surface area contributed by atoms with Crippen LogP contribution in [0, 0.1) is 5.92 Å². The number of pyridine rings is 1. The van der Waals surface area contributed by atoms with Crippen molar-refractivity contribution in [1.82, 2.24) is 9.55 Å². The minimum Gasteiger partial charge on any atom is -0.478 e. The molecule has 160 valence electrons. The molecule has 2 heterocycles. The molecule has 0 unspecified atom stereocenters. The number of fused-ring (bicyclic) bond motifs is 1. The lowest BCUT2D eigenvalue weighted by Crippen LogP contribution is -2.07. The standard InChI is InChI=1S/C27H30N2O2/c1-29-12-11-22-14-19(13-21(26(22)29)8-7-18-5-3-2-4-6-18)15-25-24(27(30)31)16-23(17-28-25)20-9-10-20/h7-8,11-14,16-18,20H,2-6,9-10,15H2,1H3,(H,30,31)/b8-7+. The smallest absolute Gasteiger partial charge is 0.337 e. The third kappa shape index (κ3) is 4.30. The van der Waals surface area contributed by atoms with Gasteiger partial charge in [-0.25, -0.2) is 4.79 Å². The number of rotatable bonds is 6. The number of hydrogen-bond donors (Lipinski definition) is 1. The molecular weight excluding hydrogens is 384 g/mol. The van der Waals surface area contributed by atoms with Gasteiger partial charge < -0.3 is 9.67 Å². The molecule has 0 aliphatic heterocycles. The van der Waals surface area contributed by atoms with Gasteiger partial charge in [-0.2, -0.15) is 0 Å². The first-order chi connectivity index (χ1) is 15.1. The molecule has 1 N–H and O–H groups in total. The van der Waals surface area contributed by atoms with E-state index in [2.05, 4.69) is 53.1 Å². The summed E-state index contributed by atoms with van der Waals surface area (Å²) in [5, 5.41) is 11.0. The van der Waals surface area contributed by atoms with Crippen LogP contribution in [-0.4, -0.2) is 20.6 Å². The van der Waals surface area contributed by atoms with Crippen molar-refractivity contribution in [3.63, 3.8) is 0 Å². The van der Waals surface area contributed by atoms with Gasteiger partial charge in [-0.3, -0.25) is 4.98 Å². The van der Waals surface area contributed by atoms with E-state index >= 15 is 0 Å². The van der Waals surface area contributed by atoms with Crippen molar-refractivity contribution in [1.29, 1.82) is 0 Å². The van der Waals surface area contributed by atoms with Gasteiger partial charge in [0.2, 0.25) is 0 Å². The molecule has 3 aromatic rings. The first-order valence-corrected chi connectivity index (χ1v) is 11.6. The molecule has 0 spiro atoms. The molecule has 31 heavy (non-hydrogen) atoms. The Hall–Kier alpha value is -2.88. The summed E-state index contributed by atoms with van der Waals surface area (Å²) in [6, 6.07) is 8.37. The van der Waals surface area contributed by atoms with Gasteiger partial charge in [0, 0.05) is 31.2 Å². The molecule has 1 aromatic carbocycles. The highest BCUT2D eigenvalue weighted by molar-refractivity contribution is 5.90. The third-order valence-electron chi connectivity index (χ3n) is 6.90. The van der Waals surface area contributed by atoms with Crippen LogP contribution in [0.5, 0.6) is 0 Å². The molecule has 0 radical (unpaired) electrons. The van der Waals surface area contributed by atoms with Crippen LogP contribution in [0.2, 0.25) is 0 Å². The topological polar surface area (TPSA) is 55.1 Å². The molecule has 2 saturated carbocycles. The van der Waals surface area contributed by atoms with Crippen LogP contribution < -0.4 is 0 Å². The second-order valence-electron chi connectivity index (χ2n) is 9.33. The molecule has 2 aliphatic carbocycles. The lowest BCUT2D eigenvalue weighted by Gasteiger charge is -2.18. The Morgan fingerprint density at radius 3 is 2.71 bits per heavy atom. The van der Waals surface area contributed by atoms with E-state index in [-0.39, 0.29) is 0 Å². The van der Waals surface area contributed by atoms with E-state index in [4.69, 9.17) is 0 Å². The molecule has 4 nitrogen and oxygen atoms in total. The molecule has 2 aromatic heterocycles. The molecule has 0 bridgehead atoms. The number of carboxylic acids is 1. The maximum absolute atomic E-state index is 11.9. The second kappa shape index (κ2) is 8.33. The Bertz CT molecular complexity index is 1150. The Labute approximate surface area is 183 Å². The highest BCUT2D eigenvalue weighted by atomic mass is 16.4. The van der Waals surface area contributed by atoms with Gasteiger partial charge in [-0.05, 0) is 78.5 Å². The predicted molar refractivity (Wildman–Crippen MR) is 125 cm³/mol. The van der Waals surface area contributed by atoms with Crippen molar-refractivity contribution < 1.29 is 9.90 Å². The lowest BCUT2D eigenvalue weighted by molar-refractivity contribution is 0.0695. The normalized spacial score (nSPS) is 17.6. The largest absolute Gasteiger partial charge is 0.478 e. The zero-order valence-electron chi connectivity index (χ0n) is 18.2. The number of carbonyl (C=O) groups is 1. The number of carboxylic acid groups (broad SMARTS) is 1. The fourth-order valence-corrected chi connectivity index (χ4v) is 5.01. The van der Waals surface area contributed by atoms with Gasteiger partial charge in [-0.15, -0.1) is 0 Å². The lowest BCUT2D eigenvalue weighted by atomic mass is 9.88. The number of benzene rings is 1. The fourth-order valence-electron chi connectivity index (χ4n) is 5.01. The van der Waals surface area contributed by atoms with Crippen LogP contribution in [0.25, 0.3) is 17.0 Å². The molecule has 0 amide bonds. The van der Waals surface area contributed by atoms with Gasteiger partial charge in [0.05, 0.1) is 16.8 Å². The summed E-state index contributed by atoms with van der Waals surface area (Å²) in [6.45, 7) is 0. The second-order valence-corrected chi connectivity index (χ2v) is 9.33. The molecule has 0 atom stereocenters. The van der Waals surface area contributed by atoms with E-state index in [0.29, 0.717) is 29.5 Å². The van der Waals surface area contributed by atoms with Crippen LogP contribution >= 0.6 is 0 Å². The van der Waals surface area contributed by atoms with Crippen molar-refractivity contribution in [2.75, 3.05) is 0 Å². The van der Waals surface area contributed by atoms with Crippen molar-refractivity contribution >= 4 is 22.9 Å². The van der Waals surface area contributed by atoms with Crippen molar-refractivity contribution in [3.05, 3.63) is 70.7 Å². The SMILES string of the molecule is Cn1ccc2cc(Cc3ncc(C4CC4)cc3C(=O)O)cc(/C=C/C3CCCCC3)c21. The monoisotopic (exact) mass is 414 g/mol. The number of aryl methyl sites for hydroxylation is 1. The average Bonchev–Trinajstić information content (AvgIpc) is 3.56. The maximum Gasteiger partial charge on any atom is 0.337 e. The van der Waals surface area contributed by atoms with E-state index in [1.54, 1.807) is 0 Å². The van der Waals surface area contributed by atoms with Gasteiger partial charge in [0.1, 0.15) is 0 Å². The van der Waals surface area contributed by atoms with E-state index in [0.717, 1.165) is 24.0 Å². The maximum atomic E-state index is 11.9. The molecule has 5 rings (SSSR count). The fraction of sp³-hybridized carbons (Fsp3) is 0.407. The van der Waals surface area contributed by atoms with Gasteiger partial charge in [0.25, 0.3) is 0 Å².